The van der Waals surface area contributed by atoms with Gasteiger partial charge in [0.2, 0.25) is 5.91 Å². The molecule has 6 nitrogen and oxygen atoms in total. The van der Waals surface area contributed by atoms with E-state index in [2.05, 4.69) is 5.32 Å². The predicted octanol–water partition coefficient (Wildman–Crippen LogP) is 0.644. The molecule has 0 aliphatic carbocycles. The van der Waals surface area contributed by atoms with E-state index in [4.69, 9.17) is 16.6 Å². The number of anilines is 2. The Bertz CT molecular complexity index is 432. The van der Waals surface area contributed by atoms with E-state index in [9.17, 15) is 9.59 Å². The van der Waals surface area contributed by atoms with Gasteiger partial charge in [-0.15, -0.1) is 0 Å². The number of aromatic carboxylic acids is 1. The predicted molar refractivity (Wildman–Crippen MR) is 64.7 cm³/mol. The van der Waals surface area contributed by atoms with Crippen molar-refractivity contribution < 1.29 is 14.7 Å². The van der Waals surface area contributed by atoms with Crippen LogP contribution < -0.4 is 16.8 Å². The molecule has 6 heteroatoms. The van der Waals surface area contributed by atoms with Crippen molar-refractivity contribution in [2.24, 2.45) is 5.73 Å². The van der Waals surface area contributed by atoms with Gasteiger partial charge in [-0.2, -0.15) is 0 Å². The SMILES string of the molecule is NC(=O)CCCNc1ccc(N)cc1C(=O)O. The Morgan fingerprint density at radius 1 is 1.35 bits per heavy atom. The van der Waals surface area contributed by atoms with Gasteiger partial charge in [0, 0.05) is 24.3 Å². The molecule has 0 radical (unpaired) electrons. The monoisotopic (exact) mass is 237 g/mol. The molecule has 0 heterocycles. The van der Waals surface area contributed by atoms with Crippen molar-refractivity contribution in [3.8, 4) is 0 Å². The molecule has 0 bridgehead atoms. The minimum absolute atomic E-state index is 0.115. The second-order valence-corrected chi connectivity index (χ2v) is 3.61. The first-order valence-corrected chi connectivity index (χ1v) is 5.15. The third-order valence-electron chi connectivity index (χ3n) is 2.19. The van der Waals surface area contributed by atoms with Crippen LogP contribution in [-0.4, -0.2) is 23.5 Å². The van der Waals surface area contributed by atoms with Gasteiger partial charge in [0.15, 0.2) is 0 Å². The normalized spacial score (nSPS) is 9.88. The molecule has 0 saturated carbocycles. The minimum atomic E-state index is -1.05. The molecule has 0 aliphatic heterocycles. The average molecular weight is 237 g/mol. The van der Waals surface area contributed by atoms with E-state index in [0.29, 0.717) is 24.3 Å². The second-order valence-electron chi connectivity index (χ2n) is 3.61. The summed E-state index contributed by atoms with van der Waals surface area (Å²) in [6.45, 7) is 0.479. The molecule has 0 spiro atoms. The molecule has 1 aromatic rings. The number of carboxylic acids is 1. The van der Waals surface area contributed by atoms with Gasteiger partial charge in [0.05, 0.1) is 5.56 Å². The first-order valence-electron chi connectivity index (χ1n) is 5.15. The number of benzene rings is 1. The number of carboxylic acid groups (broad SMARTS) is 1. The minimum Gasteiger partial charge on any atom is -0.478 e. The molecular formula is C11H15N3O3. The highest BCUT2D eigenvalue weighted by Crippen LogP contribution is 2.18. The first-order chi connectivity index (χ1) is 8.00. The van der Waals surface area contributed by atoms with Crippen molar-refractivity contribution in [3.63, 3.8) is 0 Å². The van der Waals surface area contributed by atoms with Gasteiger partial charge in [-0.05, 0) is 24.6 Å². The molecule has 0 aromatic heterocycles. The fraction of sp³-hybridized carbons (Fsp3) is 0.273. The smallest absolute Gasteiger partial charge is 0.337 e. The van der Waals surface area contributed by atoms with E-state index < -0.39 is 5.97 Å². The lowest BCUT2D eigenvalue weighted by Gasteiger charge is -2.09. The maximum absolute atomic E-state index is 10.9. The lowest BCUT2D eigenvalue weighted by Crippen LogP contribution is -2.13. The van der Waals surface area contributed by atoms with E-state index >= 15 is 0 Å². The zero-order chi connectivity index (χ0) is 12.8. The van der Waals surface area contributed by atoms with Crippen molar-refractivity contribution in [3.05, 3.63) is 23.8 Å². The van der Waals surface area contributed by atoms with E-state index in [1.54, 1.807) is 12.1 Å². The Morgan fingerprint density at radius 2 is 2.06 bits per heavy atom. The molecular weight excluding hydrogens is 222 g/mol. The maximum Gasteiger partial charge on any atom is 0.337 e. The molecule has 0 aliphatic rings. The number of hydrogen-bond donors (Lipinski definition) is 4. The largest absolute Gasteiger partial charge is 0.478 e. The number of primary amides is 1. The molecule has 0 fully saturated rings. The topological polar surface area (TPSA) is 118 Å². The summed E-state index contributed by atoms with van der Waals surface area (Å²) in [7, 11) is 0. The number of hydrogen-bond acceptors (Lipinski definition) is 4. The highest BCUT2D eigenvalue weighted by Gasteiger charge is 2.09. The summed E-state index contributed by atoms with van der Waals surface area (Å²) in [5.41, 5.74) is 11.5. The fourth-order valence-electron chi connectivity index (χ4n) is 1.38. The Balaban J connectivity index is 2.64. The average Bonchev–Trinajstić information content (AvgIpc) is 2.25. The Morgan fingerprint density at radius 3 is 2.65 bits per heavy atom. The Kier molecular flexibility index (Phi) is 4.33. The summed E-state index contributed by atoms with van der Waals surface area (Å²) in [4.78, 5) is 21.5. The quantitative estimate of drug-likeness (QED) is 0.427. The summed E-state index contributed by atoms with van der Waals surface area (Å²) in [6.07, 6.45) is 0.823. The molecule has 1 amide bonds. The Hall–Kier alpha value is -2.24. The number of rotatable bonds is 6. The Labute approximate surface area is 98.6 Å². The lowest BCUT2D eigenvalue weighted by molar-refractivity contribution is -0.118. The lowest BCUT2D eigenvalue weighted by atomic mass is 10.1. The molecule has 6 N–H and O–H groups in total. The zero-order valence-corrected chi connectivity index (χ0v) is 9.27. The van der Waals surface area contributed by atoms with E-state index in [1.165, 1.54) is 6.07 Å². The van der Waals surface area contributed by atoms with Crippen molar-refractivity contribution in [1.82, 2.24) is 0 Å². The first kappa shape index (κ1) is 12.8. The molecule has 0 atom stereocenters. The third kappa shape index (κ3) is 4.02. The summed E-state index contributed by atoms with van der Waals surface area (Å²) >= 11 is 0. The molecule has 0 unspecified atom stereocenters. The van der Waals surface area contributed by atoms with Gasteiger partial charge >= 0.3 is 5.97 Å². The number of nitrogen functional groups attached to an aromatic ring is 1. The summed E-state index contributed by atoms with van der Waals surface area (Å²) in [5, 5.41) is 11.9. The van der Waals surface area contributed by atoms with Crippen molar-refractivity contribution in [2.75, 3.05) is 17.6 Å². The summed E-state index contributed by atoms with van der Waals surface area (Å²) in [6, 6.07) is 4.60. The van der Waals surface area contributed by atoms with Crippen molar-refractivity contribution in [1.29, 1.82) is 0 Å². The van der Waals surface area contributed by atoms with Gasteiger partial charge < -0.3 is 21.9 Å². The fourth-order valence-corrected chi connectivity index (χ4v) is 1.38. The van der Waals surface area contributed by atoms with Crippen LogP contribution in [-0.2, 0) is 4.79 Å². The highest BCUT2D eigenvalue weighted by molar-refractivity contribution is 5.95. The third-order valence-corrected chi connectivity index (χ3v) is 2.19. The maximum atomic E-state index is 10.9. The number of amides is 1. The van der Waals surface area contributed by atoms with Crippen LogP contribution in [0.1, 0.15) is 23.2 Å². The van der Waals surface area contributed by atoms with E-state index in [1.807, 2.05) is 0 Å². The van der Waals surface area contributed by atoms with Crippen LogP contribution in [0.25, 0.3) is 0 Å². The second kappa shape index (κ2) is 5.74. The van der Waals surface area contributed by atoms with Gasteiger partial charge in [-0.25, -0.2) is 4.79 Å². The zero-order valence-electron chi connectivity index (χ0n) is 9.27. The molecule has 17 heavy (non-hydrogen) atoms. The van der Waals surface area contributed by atoms with Crippen LogP contribution in [0.2, 0.25) is 0 Å². The van der Waals surface area contributed by atoms with Gasteiger partial charge in [-0.3, -0.25) is 4.79 Å². The number of carbonyl (C=O) groups excluding carboxylic acids is 1. The van der Waals surface area contributed by atoms with E-state index in [0.717, 1.165) is 0 Å². The van der Waals surface area contributed by atoms with E-state index in [-0.39, 0.29) is 17.9 Å². The van der Waals surface area contributed by atoms with Gasteiger partial charge in [-0.1, -0.05) is 0 Å². The van der Waals surface area contributed by atoms with Crippen molar-refractivity contribution in [2.45, 2.75) is 12.8 Å². The standard InChI is InChI=1S/C11H15N3O3/c12-7-3-4-9(8(6-7)11(16)17)14-5-1-2-10(13)15/h3-4,6,14H,1-2,5,12H2,(H2,13,15)(H,16,17). The van der Waals surface area contributed by atoms with Crippen LogP contribution in [0.4, 0.5) is 11.4 Å². The van der Waals surface area contributed by atoms with Crippen LogP contribution in [0, 0.1) is 0 Å². The van der Waals surface area contributed by atoms with Crippen molar-refractivity contribution >= 4 is 23.3 Å². The van der Waals surface area contributed by atoms with Crippen LogP contribution >= 0.6 is 0 Å². The highest BCUT2D eigenvalue weighted by atomic mass is 16.4. The molecule has 1 rings (SSSR count). The van der Waals surface area contributed by atoms with Gasteiger partial charge in [0.25, 0.3) is 0 Å². The number of nitrogens with two attached hydrogens (primary N) is 2. The molecule has 1 aromatic carbocycles. The molecule has 0 saturated heterocycles. The summed E-state index contributed by atoms with van der Waals surface area (Å²) in [5.74, 6) is -1.42. The van der Waals surface area contributed by atoms with Crippen LogP contribution in [0.15, 0.2) is 18.2 Å². The van der Waals surface area contributed by atoms with Gasteiger partial charge in [0.1, 0.15) is 0 Å². The van der Waals surface area contributed by atoms with Crippen LogP contribution in [0.5, 0.6) is 0 Å². The summed E-state index contributed by atoms with van der Waals surface area (Å²) < 4.78 is 0. The number of nitrogens with one attached hydrogen (secondary N) is 1. The number of carbonyl (C=O) groups is 2. The van der Waals surface area contributed by atoms with Crippen LogP contribution in [0.3, 0.4) is 0 Å². The molecule has 92 valence electrons.